The molecule has 1 amide bonds. The second-order valence-corrected chi connectivity index (χ2v) is 5.09. The van der Waals surface area contributed by atoms with Crippen molar-refractivity contribution in [2.45, 2.75) is 19.9 Å². The Kier molecular flexibility index (Phi) is 3.94. The lowest BCUT2D eigenvalue weighted by Crippen LogP contribution is -2.30. The molecule has 0 N–H and O–H groups in total. The number of nitrogens with zero attached hydrogens (tertiary/aromatic N) is 3. The van der Waals surface area contributed by atoms with Crippen molar-refractivity contribution in [1.29, 1.82) is 0 Å². The first-order valence-electron chi connectivity index (χ1n) is 4.47. The van der Waals surface area contributed by atoms with Gasteiger partial charge in [0, 0.05) is 14.1 Å². The maximum atomic E-state index is 11.7. The molecule has 84 valence electrons. The van der Waals surface area contributed by atoms with Crippen molar-refractivity contribution in [2.75, 3.05) is 14.1 Å². The van der Waals surface area contributed by atoms with Gasteiger partial charge < -0.3 is 4.90 Å². The van der Waals surface area contributed by atoms with Crippen molar-refractivity contribution in [3.63, 3.8) is 0 Å². The molecule has 0 saturated heterocycles. The minimum atomic E-state index is -0.306. The van der Waals surface area contributed by atoms with Crippen LogP contribution in [0, 0.1) is 6.92 Å². The monoisotopic (exact) mass is 337 g/mol. The number of halogens is 2. The fourth-order valence-corrected chi connectivity index (χ4v) is 2.17. The maximum Gasteiger partial charge on any atom is 0.246 e. The van der Waals surface area contributed by atoms with E-state index >= 15 is 0 Å². The number of rotatable bonds is 2. The maximum absolute atomic E-state index is 11.7. The highest BCUT2D eigenvalue weighted by Crippen LogP contribution is 2.28. The first-order chi connectivity index (χ1) is 6.86. The fraction of sp³-hybridized carbons (Fsp3) is 0.556. The van der Waals surface area contributed by atoms with E-state index in [0.717, 1.165) is 14.8 Å². The number of amides is 1. The van der Waals surface area contributed by atoms with Crippen molar-refractivity contribution in [3.05, 3.63) is 14.8 Å². The van der Waals surface area contributed by atoms with Crippen LogP contribution in [0.4, 0.5) is 0 Å². The zero-order chi connectivity index (χ0) is 11.7. The van der Waals surface area contributed by atoms with Gasteiger partial charge in [-0.3, -0.25) is 4.79 Å². The summed E-state index contributed by atoms with van der Waals surface area (Å²) in [6.45, 7) is 3.71. The van der Waals surface area contributed by atoms with E-state index in [-0.39, 0.29) is 11.9 Å². The zero-order valence-corrected chi connectivity index (χ0v) is 12.3. The van der Waals surface area contributed by atoms with Gasteiger partial charge >= 0.3 is 0 Å². The van der Waals surface area contributed by atoms with Crippen LogP contribution in [-0.2, 0) is 4.79 Å². The number of carbonyl (C=O) groups excluding carboxylic acids is 1. The number of hydrogen-bond acceptors (Lipinski definition) is 2. The highest BCUT2D eigenvalue weighted by Gasteiger charge is 2.22. The Balaban J connectivity index is 3.06. The second kappa shape index (κ2) is 4.65. The van der Waals surface area contributed by atoms with Gasteiger partial charge in [-0.25, -0.2) is 4.68 Å². The molecule has 15 heavy (non-hydrogen) atoms. The Hall–Kier alpha value is -0.360. The van der Waals surface area contributed by atoms with Gasteiger partial charge in [-0.2, -0.15) is 5.10 Å². The Bertz CT molecular complexity index is 387. The van der Waals surface area contributed by atoms with Crippen LogP contribution in [0.1, 0.15) is 18.7 Å². The van der Waals surface area contributed by atoms with Crippen molar-refractivity contribution in [3.8, 4) is 0 Å². The summed E-state index contributed by atoms with van der Waals surface area (Å²) in [6, 6.07) is -0.306. The van der Waals surface area contributed by atoms with Crippen molar-refractivity contribution in [1.82, 2.24) is 14.7 Å². The predicted molar refractivity (Wildman–Crippen MR) is 65.8 cm³/mol. The number of likely N-dealkylation sites (N-methyl/N-ethyl adjacent to an activating group) is 1. The van der Waals surface area contributed by atoms with E-state index in [1.165, 1.54) is 0 Å². The van der Waals surface area contributed by atoms with Gasteiger partial charge in [0.2, 0.25) is 5.91 Å². The molecule has 1 aromatic heterocycles. The van der Waals surface area contributed by atoms with Crippen LogP contribution in [0.25, 0.3) is 0 Å². The molecule has 0 fully saturated rings. The summed E-state index contributed by atoms with van der Waals surface area (Å²) in [5.41, 5.74) is 0.861. The minimum absolute atomic E-state index is 0.0192. The summed E-state index contributed by atoms with van der Waals surface area (Å²) in [6.07, 6.45) is 0. The lowest BCUT2D eigenvalue weighted by atomic mass is 10.3. The van der Waals surface area contributed by atoms with Crippen LogP contribution in [0.5, 0.6) is 0 Å². The highest BCUT2D eigenvalue weighted by atomic mass is 79.9. The van der Waals surface area contributed by atoms with Gasteiger partial charge in [-0.05, 0) is 45.7 Å². The van der Waals surface area contributed by atoms with Crippen LogP contribution in [0.3, 0.4) is 0 Å². The molecule has 1 rings (SSSR count). The van der Waals surface area contributed by atoms with Crippen LogP contribution < -0.4 is 0 Å². The average molecular weight is 339 g/mol. The smallest absolute Gasteiger partial charge is 0.246 e. The standard InChI is InChI=1S/C9H13Br2N3O/c1-5-7(10)8(11)14(12-5)6(2)9(15)13(3)4/h6H,1-4H3/t6-/m0/s1. The molecule has 0 saturated carbocycles. The summed E-state index contributed by atoms with van der Waals surface area (Å²) in [4.78, 5) is 13.3. The molecule has 0 aliphatic carbocycles. The third-order valence-electron chi connectivity index (χ3n) is 2.12. The molecule has 1 atom stereocenters. The fourth-order valence-electron chi connectivity index (χ4n) is 1.23. The molecule has 6 heteroatoms. The molecule has 0 radical (unpaired) electrons. The Morgan fingerprint density at radius 1 is 1.47 bits per heavy atom. The number of aryl methyl sites for hydroxylation is 1. The molecule has 0 aliphatic rings. The molecule has 1 heterocycles. The summed E-state index contributed by atoms with van der Waals surface area (Å²) in [7, 11) is 3.47. The van der Waals surface area contributed by atoms with E-state index in [1.807, 2.05) is 13.8 Å². The van der Waals surface area contributed by atoms with Gasteiger partial charge in [0.25, 0.3) is 0 Å². The number of carbonyl (C=O) groups is 1. The van der Waals surface area contributed by atoms with Gasteiger partial charge in [0.05, 0.1) is 10.2 Å². The zero-order valence-electron chi connectivity index (χ0n) is 9.08. The van der Waals surface area contributed by atoms with Gasteiger partial charge in [0.1, 0.15) is 10.6 Å². The summed E-state index contributed by atoms with van der Waals surface area (Å²) < 4.78 is 3.35. The lowest BCUT2D eigenvalue weighted by molar-refractivity contribution is -0.132. The molecule has 0 aliphatic heterocycles. The molecular formula is C9H13Br2N3O. The largest absolute Gasteiger partial charge is 0.347 e. The van der Waals surface area contributed by atoms with Crippen LogP contribution in [0.2, 0.25) is 0 Å². The summed E-state index contributed by atoms with van der Waals surface area (Å²) in [5, 5.41) is 4.29. The van der Waals surface area contributed by atoms with E-state index < -0.39 is 0 Å². The van der Waals surface area contributed by atoms with Crippen LogP contribution in [0.15, 0.2) is 9.08 Å². The predicted octanol–water partition coefficient (Wildman–Crippen LogP) is 2.37. The molecule has 0 spiro atoms. The van der Waals surface area contributed by atoms with E-state index in [2.05, 4.69) is 37.0 Å². The first kappa shape index (κ1) is 12.7. The summed E-state index contributed by atoms with van der Waals surface area (Å²) >= 11 is 6.80. The third-order valence-corrected chi connectivity index (χ3v) is 4.36. The Morgan fingerprint density at radius 3 is 2.33 bits per heavy atom. The van der Waals surface area contributed by atoms with E-state index in [0.29, 0.717) is 0 Å². The summed E-state index contributed by atoms with van der Waals surface area (Å²) in [5.74, 6) is 0.0192. The highest BCUT2D eigenvalue weighted by molar-refractivity contribution is 9.13. The average Bonchev–Trinajstić information content (AvgIpc) is 2.43. The van der Waals surface area contributed by atoms with Crippen LogP contribution >= 0.6 is 31.9 Å². The van der Waals surface area contributed by atoms with Gasteiger partial charge in [-0.1, -0.05) is 0 Å². The first-order valence-corrected chi connectivity index (χ1v) is 6.06. The SMILES string of the molecule is Cc1nn([C@@H](C)C(=O)N(C)C)c(Br)c1Br. The molecule has 0 aromatic carbocycles. The molecular weight excluding hydrogens is 326 g/mol. The van der Waals surface area contributed by atoms with Crippen molar-refractivity contribution >= 4 is 37.8 Å². The topological polar surface area (TPSA) is 38.1 Å². The Labute approximate surface area is 106 Å². The van der Waals surface area contributed by atoms with Crippen LogP contribution in [-0.4, -0.2) is 34.7 Å². The second-order valence-electron chi connectivity index (χ2n) is 3.54. The normalized spacial score (nSPS) is 12.7. The number of hydrogen-bond donors (Lipinski definition) is 0. The minimum Gasteiger partial charge on any atom is -0.347 e. The molecule has 1 aromatic rings. The Morgan fingerprint density at radius 2 is 2.00 bits per heavy atom. The lowest BCUT2D eigenvalue weighted by Gasteiger charge is -2.17. The van der Waals surface area contributed by atoms with Crippen molar-refractivity contribution in [2.24, 2.45) is 0 Å². The van der Waals surface area contributed by atoms with E-state index in [1.54, 1.807) is 23.7 Å². The van der Waals surface area contributed by atoms with E-state index in [4.69, 9.17) is 0 Å². The molecule has 4 nitrogen and oxygen atoms in total. The van der Waals surface area contributed by atoms with Crippen molar-refractivity contribution < 1.29 is 4.79 Å². The van der Waals surface area contributed by atoms with E-state index in [9.17, 15) is 4.79 Å². The van der Waals surface area contributed by atoms with Gasteiger partial charge in [0.15, 0.2) is 0 Å². The van der Waals surface area contributed by atoms with Gasteiger partial charge in [-0.15, -0.1) is 0 Å². The third kappa shape index (κ3) is 2.42. The molecule has 0 bridgehead atoms. The number of aromatic nitrogens is 2. The molecule has 0 unspecified atom stereocenters. The quantitative estimate of drug-likeness (QED) is 0.830.